The van der Waals surface area contributed by atoms with E-state index in [-0.39, 0.29) is 11.9 Å². The largest absolute Gasteiger partial charge is 0.345 e. The number of aromatic nitrogens is 1. The van der Waals surface area contributed by atoms with Gasteiger partial charge in [-0.2, -0.15) is 0 Å². The first kappa shape index (κ1) is 17.7. The highest BCUT2D eigenvalue weighted by molar-refractivity contribution is 7.98. The molecule has 1 amide bonds. The Morgan fingerprint density at radius 1 is 1.20 bits per heavy atom. The van der Waals surface area contributed by atoms with Crippen molar-refractivity contribution < 1.29 is 4.79 Å². The van der Waals surface area contributed by atoms with E-state index >= 15 is 0 Å². The second-order valence-corrected chi connectivity index (χ2v) is 7.55. The Morgan fingerprint density at radius 2 is 1.96 bits per heavy atom. The first-order valence-corrected chi connectivity index (χ1v) is 10.0. The van der Waals surface area contributed by atoms with E-state index in [1.165, 1.54) is 5.56 Å². The van der Waals surface area contributed by atoms with Crippen LogP contribution in [0.5, 0.6) is 0 Å². The third kappa shape index (κ3) is 4.50. The molecule has 128 valence electrons. The summed E-state index contributed by atoms with van der Waals surface area (Å²) < 4.78 is 0. The maximum atomic E-state index is 12.8. The second-order valence-electron chi connectivity index (χ2n) is 5.82. The number of thioether (sulfide) groups is 1. The Kier molecular flexibility index (Phi) is 5.89. The number of carbonyl (C=O) groups is 1. The molecule has 0 spiro atoms. The molecule has 3 nitrogen and oxygen atoms in total. The number of hydrogen-bond donors (Lipinski definition) is 1. The van der Waals surface area contributed by atoms with Crippen molar-refractivity contribution in [2.45, 2.75) is 30.5 Å². The highest BCUT2D eigenvalue weighted by Crippen LogP contribution is 2.27. The van der Waals surface area contributed by atoms with Gasteiger partial charge < -0.3 is 5.32 Å². The number of amides is 1. The zero-order valence-corrected chi connectivity index (χ0v) is 15.9. The Balaban J connectivity index is 1.72. The minimum Gasteiger partial charge on any atom is -0.345 e. The molecule has 0 fully saturated rings. The number of benzene rings is 2. The molecule has 3 rings (SSSR count). The van der Waals surface area contributed by atoms with E-state index in [1.807, 2.05) is 54.2 Å². The molecule has 5 heteroatoms. The highest BCUT2D eigenvalue weighted by atomic mass is 32.2. The number of thiazole rings is 1. The predicted octanol–water partition coefficient (Wildman–Crippen LogP) is 5.23. The summed E-state index contributed by atoms with van der Waals surface area (Å²) in [5, 5.41) is 5.16. The van der Waals surface area contributed by atoms with Crippen molar-refractivity contribution >= 4 is 29.0 Å². The minimum atomic E-state index is -0.0443. The maximum absolute atomic E-state index is 12.8. The quantitative estimate of drug-likeness (QED) is 0.605. The van der Waals surface area contributed by atoms with Crippen LogP contribution in [0.1, 0.15) is 40.1 Å². The molecule has 0 saturated carbocycles. The number of nitrogens with zero attached hydrogens (tertiary/aromatic N) is 1. The first-order valence-electron chi connectivity index (χ1n) is 8.10. The van der Waals surface area contributed by atoms with Crippen LogP contribution in [-0.2, 0) is 5.75 Å². The smallest absolute Gasteiger partial charge is 0.252 e. The lowest BCUT2D eigenvalue weighted by atomic mass is 10.0. The Morgan fingerprint density at radius 3 is 2.72 bits per heavy atom. The molecule has 1 N–H and O–H groups in total. The van der Waals surface area contributed by atoms with E-state index < -0.39 is 0 Å². The molecule has 0 unspecified atom stereocenters. The van der Waals surface area contributed by atoms with E-state index in [1.54, 1.807) is 23.1 Å². The van der Waals surface area contributed by atoms with Crippen molar-refractivity contribution in [3.63, 3.8) is 0 Å². The Labute approximate surface area is 156 Å². The van der Waals surface area contributed by atoms with Crippen molar-refractivity contribution in [2.24, 2.45) is 0 Å². The fourth-order valence-electron chi connectivity index (χ4n) is 2.67. The standard InChI is InChI=1S/C20H20N2OS2/c1-14-7-3-4-8-17(14)15(2)22-20(23)18-9-5-6-10-19(18)25-12-16-11-24-13-21-16/h3-11,13,15H,12H2,1-2H3,(H,22,23)/t15-/m1/s1. The second kappa shape index (κ2) is 8.32. The summed E-state index contributed by atoms with van der Waals surface area (Å²) in [6, 6.07) is 15.8. The SMILES string of the molecule is Cc1ccccc1[C@@H](C)NC(=O)c1ccccc1SCc1cscn1. The van der Waals surface area contributed by atoms with Gasteiger partial charge in [-0.3, -0.25) is 4.79 Å². The van der Waals surface area contributed by atoms with Crippen LogP contribution >= 0.6 is 23.1 Å². The van der Waals surface area contributed by atoms with Gasteiger partial charge in [0.05, 0.1) is 22.8 Å². The molecule has 0 aliphatic carbocycles. The fraction of sp³-hybridized carbons (Fsp3) is 0.200. The zero-order chi connectivity index (χ0) is 17.6. The van der Waals surface area contributed by atoms with Crippen LogP contribution < -0.4 is 5.32 Å². The zero-order valence-electron chi connectivity index (χ0n) is 14.2. The molecule has 0 saturated heterocycles. The van der Waals surface area contributed by atoms with Crippen molar-refractivity contribution in [2.75, 3.05) is 0 Å². The van der Waals surface area contributed by atoms with E-state index in [4.69, 9.17) is 0 Å². The lowest BCUT2D eigenvalue weighted by molar-refractivity contribution is 0.0937. The monoisotopic (exact) mass is 368 g/mol. The van der Waals surface area contributed by atoms with Gasteiger partial charge in [0, 0.05) is 16.0 Å². The summed E-state index contributed by atoms with van der Waals surface area (Å²) in [6.45, 7) is 4.08. The number of carbonyl (C=O) groups excluding carboxylic acids is 1. The Hall–Kier alpha value is -2.11. The molecular formula is C20H20N2OS2. The topological polar surface area (TPSA) is 42.0 Å². The molecular weight excluding hydrogens is 348 g/mol. The number of aryl methyl sites for hydroxylation is 1. The third-order valence-electron chi connectivity index (χ3n) is 3.99. The van der Waals surface area contributed by atoms with Crippen LogP contribution in [0.2, 0.25) is 0 Å². The van der Waals surface area contributed by atoms with Gasteiger partial charge in [-0.25, -0.2) is 4.98 Å². The molecule has 0 aliphatic rings. The van der Waals surface area contributed by atoms with Crippen LogP contribution in [0.4, 0.5) is 0 Å². The summed E-state index contributed by atoms with van der Waals surface area (Å²) in [7, 11) is 0. The van der Waals surface area contributed by atoms with Crippen LogP contribution in [0, 0.1) is 6.92 Å². The summed E-state index contributed by atoms with van der Waals surface area (Å²) >= 11 is 3.23. The number of nitrogens with one attached hydrogen (secondary N) is 1. The van der Waals surface area contributed by atoms with Crippen LogP contribution in [0.25, 0.3) is 0 Å². The summed E-state index contributed by atoms with van der Waals surface area (Å²) in [5.74, 6) is 0.721. The van der Waals surface area contributed by atoms with E-state index in [0.717, 1.165) is 21.9 Å². The molecule has 25 heavy (non-hydrogen) atoms. The molecule has 0 aliphatic heterocycles. The normalized spacial score (nSPS) is 11.9. The minimum absolute atomic E-state index is 0.0368. The van der Waals surface area contributed by atoms with Gasteiger partial charge in [0.15, 0.2) is 0 Å². The van der Waals surface area contributed by atoms with Crippen molar-refractivity contribution in [1.29, 1.82) is 0 Å². The van der Waals surface area contributed by atoms with Crippen molar-refractivity contribution in [3.8, 4) is 0 Å². The molecule has 1 heterocycles. The van der Waals surface area contributed by atoms with Crippen molar-refractivity contribution in [1.82, 2.24) is 10.3 Å². The number of hydrogen-bond acceptors (Lipinski definition) is 4. The van der Waals surface area contributed by atoms with Crippen LogP contribution in [0.3, 0.4) is 0 Å². The molecule has 0 radical (unpaired) electrons. The summed E-state index contributed by atoms with van der Waals surface area (Å²) in [6.07, 6.45) is 0. The molecule has 2 aromatic carbocycles. The van der Waals surface area contributed by atoms with E-state index in [0.29, 0.717) is 5.56 Å². The van der Waals surface area contributed by atoms with Gasteiger partial charge in [-0.15, -0.1) is 23.1 Å². The molecule has 1 aromatic heterocycles. The van der Waals surface area contributed by atoms with E-state index in [2.05, 4.69) is 29.4 Å². The van der Waals surface area contributed by atoms with Gasteiger partial charge in [0.1, 0.15) is 0 Å². The van der Waals surface area contributed by atoms with Gasteiger partial charge in [0.25, 0.3) is 5.91 Å². The fourth-order valence-corrected chi connectivity index (χ4v) is 4.28. The predicted molar refractivity (Wildman–Crippen MR) is 105 cm³/mol. The third-order valence-corrected chi connectivity index (χ3v) is 5.74. The van der Waals surface area contributed by atoms with Gasteiger partial charge in [0.2, 0.25) is 0 Å². The number of rotatable bonds is 6. The average molecular weight is 369 g/mol. The Bertz CT molecular complexity index is 846. The van der Waals surface area contributed by atoms with Gasteiger partial charge in [-0.1, -0.05) is 36.4 Å². The maximum Gasteiger partial charge on any atom is 0.252 e. The molecule has 0 bridgehead atoms. The van der Waals surface area contributed by atoms with Gasteiger partial charge in [-0.05, 0) is 37.1 Å². The highest BCUT2D eigenvalue weighted by Gasteiger charge is 2.16. The molecule has 3 aromatic rings. The molecule has 1 atom stereocenters. The lowest BCUT2D eigenvalue weighted by Gasteiger charge is -2.17. The summed E-state index contributed by atoms with van der Waals surface area (Å²) in [5.41, 5.74) is 5.91. The first-order chi connectivity index (χ1) is 12.1. The lowest BCUT2D eigenvalue weighted by Crippen LogP contribution is -2.27. The van der Waals surface area contributed by atoms with Crippen molar-refractivity contribution in [3.05, 3.63) is 81.8 Å². The van der Waals surface area contributed by atoms with Gasteiger partial charge >= 0.3 is 0 Å². The average Bonchev–Trinajstić information content (AvgIpc) is 3.14. The van der Waals surface area contributed by atoms with E-state index in [9.17, 15) is 4.79 Å². The van der Waals surface area contributed by atoms with Crippen LogP contribution in [0.15, 0.2) is 64.3 Å². The van der Waals surface area contributed by atoms with Crippen LogP contribution in [-0.4, -0.2) is 10.9 Å². The summed E-state index contributed by atoms with van der Waals surface area (Å²) in [4.78, 5) is 18.1.